The highest BCUT2D eigenvalue weighted by Crippen LogP contribution is 2.24. The molecule has 1 amide bonds. The highest BCUT2D eigenvalue weighted by atomic mass is 16.5. The molecule has 0 fully saturated rings. The van der Waals surface area contributed by atoms with Crippen LogP contribution in [0.4, 0.5) is 0 Å². The largest absolute Gasteiger partial charge is 0.497 e. The Bertz CT molecular complexity index is 904. The molecule has 1 aromatic heterocycles. The molecule has 0 unspecified atom stereocenters. The predicted octanol–water partition coefficient (Wildman–Crippen LogP) is 4.34. The summed E-state index contributed by atoms with van der Waals surface area (Å²) in [5.41, 5.74) is 4.76. The van der Waals surface area contributed by atoms with Crippen LogP contribution in [0.5, 0.6) is 5.75 Å². The third kappa shape index (κ3) is 3.91. The van der Waals surface area contributed by atoms with Crippen molar-refractivity contribution >= 4 is 5.91 Å². The standard InChI is InChI=1S/C22H22N2O2/c1-16-6-5-13-23-21(16)15-24(2)22(25)18-11-9-17(10-12-18)19-7-4-8-20(14-19)26-3/h4-14H,15H2,1-3H3. The quantitative estimate of drug-likeness (QED) is 0.690. The van der Waals surface area contributed by atoms with Crippen LogP contribution in [0.25, 0.3) is 11.1 Å². The molecule has 26 heavy (non-hydrogen) atoms. The minimum absolute atomic E-state index is 0.0211. The summed E-state index contributed by atoms with van der Waals surface area (Å²) in [4.78, 5) is 18.7. The second-order valence-corrected chi connectivity index (χ2v) is 6.24. The van der Waals surface area contributed by atoms with Gasteiger partial charge in [0.15, 0.2) is 0 Å². The molecule has 0 aliphatic rings. The van der Waals surface area contributed by atoms with Crippen molar-refractivity contribution in [2.75, 3.05) is 14.2 Å². The zero-order chi connectivity index (χ0) is 18.5. The van der Waals surface area contributed by atoms with Gasteiger partial charge in [0.1, 0.15) is 5.75 Å². The van der Waals surface area contributed by atoms with Crippen molar-refractivity contribution in [3.05, 3.63) is 83.7 Å². The number of benzene rings is 2. The Balaban J connectivity index is 1.75. The number of amides is 1. The van der Waals surface area contributed by atoms with Crippen molar-refractivity contribution in [3.63, 3.8) is 0 Å². The van der Waals surface area contributed by atoms with Crippen molar-refractivity contribution in [2.45, 2.75) is 13.5 Å². The number of carbonyl (C=O) groups excluding carboxylic acids is 1. The van der Waals surface area contributed by atoms with Gasteiger partial charge in [0, 0.05) is 18.8 Å². The fourth-order valence-corrected chi connectivity index (χ4v) is 2.81. The Morgan fingerprint density at radius 2 is 1.81 bits per heavy atom. The molecule has 4 nitrogen and oxygen atoms in total. The molecular formula is C22H22N2O2. The predicted molar refractivity (Wildman–Crippen MR) is 103 cm³/mol. The van der Waals surface area contributed by atoms with Crippen LogP contribution in [0.15, 0.2) is 66.9 Å². The number of methoxy groups -OCH3 is 1. The molecule has 2 aromatic carbocycles. The third-order valence-corrected chi connectivity index (χ3v) is 4.39. The van der Waals surface area contributed by atoms with Gasteiger partial charge in [0.25, 0.3) is 5.91 Å². The maximum absolute atomic E-state index is 12.7. The second-order valence-electron chi connectivity index (χ2n) is 6.24. The average Bonchev–Trinajstić information content (AvgIpc) is 2.69. The molecule has 0 atom stereocenters. The van der Waals surface area contributed by atoms with E-state index >= 15 is 0 Å². The molecule has 0 radical (unpaired) electrons. The van der Waals surface area contributed by atoms with Gasteiger partial charge in [-0.3, -0.25) is 9.78 Å². The van der Waals surface area contributed by atoms with Gasteiger partial charge in [-0.15, -0.1) is 0 Å². The van der Waals surface area contributed by atoms with Crippen LogP contribution in [0, 0.1) is 6.92 Å². The van der Waals surface area contributed by atoms with E-state index in [9.17, 15) is 4.79 Å². The zero-order valence-corrected chi connectivity index (χ0v) is 15.3. The van der Waals surface area contributed by atoms with Crippen LogP contribution in [0.3, 0.4) is 0 Å². The van der Waals surface area contributed by atoms with Gasteiger partial charge in [-0.1, -0.05) is 30.3 Å². The van der Waals surface area contributed by atoms with E-state index in [1.807, 2.05) is 67.6 Å². The fourth-order valence-electron chi connectivity index (χ4n) is 2.81. The molecule has 132 valence electrons. The highest BCUT2D eigenvalue weighted by molar-refractivity contribution is 5.94. The lowest BCUT2D eigenvalue weighted by atomic mass is 10.0. The van der Waals surface area contributed by atoms with Gasteiger partial charge in [0.05, 0.1) is 19.3 Å². The first kappa shape index (κ1) is 17.7. The molecule has 0 bridgehead atoms. The molecule has 1 heterocycles. The SMILES string of the molecule is COc1cccc(-c2ccc(C(=O)N(C)Cc3ncccc3C)cc2)c1. The maximum Gasteiger partial charge on any atom is 0.253 e. The van der Waals surface area contributed by atoms with E-state index < -0.39 is 0 Å². The first-order chi connectivity index (χ1) is 12.6. The van der Waals surface area contributed by atoms with Crippen molar-refractivity contribution in [2.24, 2.45) is 0 Å². The molecule has 0 saturated carbocycles. The van der Waals surface area contributed by atoms with Gasteiger partial charge < -0.3 is 9.64 Å². The number of aryl methyl sites for hydroxylation is 1. The average molecular weight is 346 g/mol. The van der Waals surface area contributed by atoms with E-state index in [0.29, 0.717) is 12.1 Å². The zero-order valence-electron chi connectivity index (χ0n) is 15.3. The normalized spacial score (nSPS) is 10.4. The molecule has 0 saturated heterocycles. The summed E-state index contributed by atoms with van der Waals surface area (Å²) in [6.45, 7) is 2.49. The molecular weight excluding hydrogens is 324 g/mol. The summed E-state index contributed by atoms with van der Waals surface area (Å²) in [5.74, 6) is 0.792. The monoisotopic (exact) mass is 346 g/mol. The Morgan fingerprint density at radius 1 is 1.04 bits per heavy atom. The van der Waals surface area contributed by atoms with Crippen molar-refractivity contribution in [1.82, 2.24) is 9.88 Å². The van der Waals surface area contributed by atoms with Crippen molar-refractivity contribution in [1.29, 1.82) is 0 Å². The second kappa shape index (κ2) is 7.83. The first-order valence-electron chi connectivity index (χ1n) is 8.49. The number of aromatic nitrogens is 1. The lowest BCUT2D eigenvalue weighted by Gasteiger charge is -2.18. The van der Waals surface area contributed by atoms with Gasteiger partial charge >= 0.3 is 0 Å². The Morgan fingerprint density at radius 3 is 2.50 bits per heavy atom. The Hall–Kier alpha value is -3.14. The summed E-state index contributed by atoms with van der Waals surface area (Å²) in [6.07, 6.45) is 1.75. The van der Waals surface area contributed by atoms with Gasteiger partial charge in [-0.25, -0.2) is 0 Å². The van der Waals surface area contributed by atoms with Crippen LogP contribution in [-0.4, -0.2) is 29.9 Å². The number of rotatable bonds is 5. The van der Waals surface area contributed by atoms with Crippen LogP contribution < -0.4 is 4.74 Å². The summed E-state index contributed by atoms with van der Waals surface area (Å²) >= 11 is 0. The number of hydrogen-bond donors (Lipinski definition) is 0. The lowest BCUT2D eigenvalue weighted by molar-refractivity contribution is 0.0783. The van der Waals surface area contributed by atoms with Crippen LogP contribution in [-0.2, 0) is 6.54 Å². The Kier molecular flexibility index (Phi) is 5.32. The van der Waals surface area contributed by atoms with Crippen LogP contribution in [0.2, 0.25) is 0 Å². The highest BCUT2D eigenvalue weighted by Gasteiger charge is 2.13. The van der Waals surface area contributed by atoms with E-state index in [1.165, 1.54) is 0 Å². The first-order valence-corrected chi connectivity index (χ1v) is 8.49. The number of carbonyl (C=O) groups is 1. The van der Waals surface area contributed by atoms with Gasteiger partial charge in [-0.05, 0) is 53.9 Å². The summed E-state index contributed by atoms with van der Waals surface area (Å²) in [6, 6.07) is 19.4. The van der Waals surface area contributed by atoms with E-state index in [2.05, 4.69) is 4.98 Å². The van der Waals surface area contributed by atoms with Crippen LogP contribution >= 0.6 is 0 Å². The topological polar surface area (TPSA) is 42.4 Å². The van der Waals surface area contributed by atoms with E-state index in [4.69, 9.17) is 4.74 Å². The number of pyridine rings is 1. The van der Waals surface area contributed by atoms with E-state index in [0.717, 1.165) is 28.1 Å². The molecule has 3 aromatic rings. The van der Waals surface area contributed by atoms with Crippen molar-refractivity contribution in [3.8, 4) is 16.9 Å². The molecule has 4 heteroatoms. The number of ether oxygens (including phenoxy) is 1. The summed E-state index contributed by atoms with van der Waals surface area (Å²) in [5, 5.41) is 0. The van der Waals surface area contributed by atoms with E-state index in [1.54, 1.807) is 25.3 Å². The summed E-state index contributed by atoms with van der Waals surface area (Å²) in [7, 11) is 3.45. The van der Waals surface area contributed by atoms with E-state index in [-0.39, 0.29) is 5.91 Å². The lowest BCUT2D eigenvalue weighted by Crippen LogP contribution is -2.26. The van der Waals surface area contributed by atoms with Crippen LogP contribution in [0.1, 0.15) is 21.6 Å². The molecule has 0 aliphatic carbocycles. The number of hydrogen-bond acceptors (Lipinski definition) is 3. The molecule has 0 N–H and O–H groups in total. The smallest absolute Gasteiger partial charge is 0.253 e. The molecule has 3 rings (SSSR count). The minimum Gasteiger partial charge on any atom is -0.497 e. The van der Waals surface area contributed by atoms with Gasteiger partial charge in [-0.2, -0.15) is 0 Å². The van der Waals surface area contributed by atoms with Crippen molar-refractivity contribution < 1.29 is 9.53 Å². The molecule has 0 spiro atoms. The summed E-state index contributed by atoms with van der Waals surface area (Å²) < 4.78 is 5.27. The third-order valence-electron chi connectivity index (χ3n) is 4.39. The fraction of sp³-hybridized carbons (Fsp3) is 0.182. The number of nitrogens with zero attached hydrogens (tertiary/aromatic N) is 2. The van der Waals surface area contributed by atoms with Gasteiger partial charge in [0.2, 0.25) is 0 Å². The molecule has 0 aliphatic heterocycles. The Labute approximate surface area is 154 Å². The maximum atomic E-state index is 12.7. The minimum atomic E-state index is -0.0211.